The second kappa shape index (κ2) is 7.04. The third-order valence-electron chi connectivity index (χ3n) is 2.76. The molecule has 2 aromatic heterocycles. The summed E-state index contributed by atoms with van der Waals surface area (Å²) >= 11 is 5.98. The molecule has 2 heterocycles. The van der Waals surface area contributed by atoms with Crippen molar-refractivity contribution in [2.45, 2.75) is 20.3 Å². The lowest BCUT2D eigenvalue weighted by molar-refractivity contribution is 0.102. The minimum Gasteiger partial charge on any atom is -0.370 e. The number of halogens is 1. The quantitative estimate of drug-likeness (QED) is 0.887. The predicted octanol–water partition coefficient (Wildman–Crippen LogP) is 3.51. The fraction of sp³-hybridized carbons (Fsp3) is 0.267. The van der Waals surface area contributed by atoms with E-state index in [1.165, 1.54) is 0 Å². The van der Waals surface area contributed by atoms with Gasteiger partial charge < -0.3 is 10.6 Å². The highest BCUT2D eigenvalue weighted by molar-refractivity contribution is 6.33. The molecule has 0 spiro atoms. The molecule has 6 heteroatoms. The summed E-state index contributed by atoms with van der Waals surface area (Å²) in [7, 11) is 0. The second-order valence-electron chi connectivity index (χ2n) is 4.60. The van der Waals surface area contributed by atoms with Gasteiger partial charge in [0, 0.05) is 24.0 Å². The monoisotopic (exact) mass is 304 g/mol. The van der Waals surface area contributed by atoms with Crippen molar-refractivity contribution in [3.05, 3.63) is 46.7 Å². The Labute approximate surface area is 128 Å². The van der Waals surface area contributed by atoms with Crippen molar-refractivity contribution in [3.8, 4) is 0 Å². The van der Waals surface area contributed by atoms with Gasteiger partial charge in [0.2, 0.25) is 0 Å². The summed E-state index contributed by atoms with van der Waals surface area (Å²) in [4.78, 5) is 20.7. The van der Waals surface area contributed by atoms with Gasteiger partial charge in [0.25, 0.3) is 5.91 Å². The van der Waals surface area contributed by atoms with Crippen molar-refractivity contribution in [1.29, 1.82) is 0 Å². The van der Waals surface area contributed by atoms with Crippen molar-refractivity contribution in [2.75, 3.05) is 17.2 Å². The highest BCUT2D eigenvalue weighted by Crippen LogP contribution is 2.19. The summed E-state index contributed by atoms with van der Waals surface area (Å²) in [6.07, 6.45) is 2.56. The van der Waals surface area contributed by atoms with Gasteiger partial charge in [-0.2, -0.15) is 0 Å². The fourth-order valence-corrected chi connectivity index (χ4v) is 1.97. The topological polar surface area (TPSA) is 66.9 Å². The predicted molar refractivity (Wildman–Crippen MR) is 85.0 cm³/mol. The molecule has 21 heavy (non-hydrogen) atoms. The van der Waals surface area contributed by atoms with Crippen LogP contribution in [0.5, 0.6) is 0 Å². The van der Waals surface area contributed by atoms with Gasteiger partial charge in [0.1, 0.15) is 5.82 Å². The van der Waals surface area contributed by atoms with Crippen molar-refractivity contribution in [1.82, 2.24) is 9.97 Å². The highest BCUT2D eigenvalue weighted by atomic mass is 35.5. The van der Waals surface area contributed by atoms with Crippen LogP contribution >= 0.6 is 11.6 Å². The Morgan fingerprint density at radius 1 is 1.38 bits per heavy atom. The third kappa shape index (κ3) is 4.16. The first kappa shape index (κ1) is 15.3. The molecule has 5 nitrogen and oxygen atoms in total. The zero-order valence-corrected chi connectivity index (χ0v) is 12.7. The average molecular weight is 305 g/mol. The fourth-order valence-electron chi connectivity index (χ4n) is 1.80. The van der Waals surface area contributed by atoms with Crippen LogP contribution in [0.3, 0.4) is 0 Å². The normalized spacial score (nSPS) is 10.2. The molecule has 110 valence electrons. The molecule has 0 bridgehead atoms. The van der Waals surface area contributed by atoms with E-state index in [0.29, 0.717) is 22.2 Å². The number of carbonyl (C=O) groups excluding carboxylic acids is 1. The van der Waals surface area contributed by atoms with Crippen LogP contribution in [-0.2, 0) is 0 Å². The largest absolute Gasteiger partial charge is 0.370 e. The summed E-state index contributed by atoms with van der Waals surface area (Å²) < 4.78 is 0. The maximum atomic E-state index is 12.3. The number of carbonyl (C=O) groups is 1. The number of pyridine rings is 2. The van der Waals surface area contributed by atoms with E-state index in [9.17, 15) is 4.79 Å². The number of nitrogens with one attached hydrogen (secondary N) is 2. The van der Waals surface area contributed by atoms with E-state index < -0.39 is 0 Å². The average Bonchev–Trinajstić information content (AvgIpc) is 2.47. The van der Waals surface area contributed by atoms with E-state index in [4.69, 9.17) is 11.6 Å². The number of rotatable bonds is 5. The van der Waals surface area contributed by atoms with E-state index in [-0.39, 0.29) is 5.91 Å². The lowest BCUT2D eigenvalue weighted by Gasteiger charge is -2.09. The zero-order chi connectivity index (χ0) is 15.2. The lowest BCUT2D eigenvalue weighted by atomic mass is 10.2. The molecule has 1 amide bonds. The van der Waals surface area contributed by atoms with Crippen LogP contribution in [0.1, 0.15) is 29.4 Å². The van der Waals surface area contributed by atoms with E-state index in [2.05, 4.69) is 27.5 Å². The maximum absolute atomic E-state index is 12.3. The summed E-state index contributed by atoms with van der Waals surface area (Å²) in [6, 6.07) is 6.83. The molecule has 0 saturated heterocycles. The molecular weight excluding hydrogens is 288 g/mol. The molecule has 0 unspecified atom stereocenters. The zero-order valence-electron chi connectivity index (χ0n) is 12.0. The highest BCUT2D eigenvalue weighted by Gasteiger charge is 2.11. The van der Waals surface area contributed by atoms with Crippen LogP contribution in [0.25, 0.3) is 0 Å². The molecule has 0 aliphatic rings. The summed E-state index contributed by atoms with van der Waals surface area (Å²) in [5, 5.41) is 6.28. The van der Waals surface area contributed by atoms with Crippen LogP contribution in [-0.4, -0.2) is 22.4 Å². The molecule has 0 fully saturated rings. The molecule has 2 aromatic rings. The van der Waals surface area contributed by atoms with Gasteiger partial charge in [-0.25, -0.2) is 9.97 Å². The Balaban J connectivity index is 2.19. The van der Waals surface area contributed by atoms with Gasteiger partial charge in [-0.05, 0) is 37.6 Å². The number of aromatic nitrogens is 2. The van der Waals surface area contributed by atoms with E-state index in [1.807, 2.05) is 6.92 Å². The summed E-state index contributed by atoms with van der Waals surface area (Å²) in [5.74, 6) is 0.775. The molecule has 0 aromatic carbocycles. The molecule has 0 radical (unpaired) electrons. The minimum atomic E-state index is -0.263. The Hall–Kier alpha value is -2.14. The van der Waals surface area contributed by atoms with Crippen molar-refractivity contribution >= 4 is 29.1 Å². The standard InChI is InChI=1S/C15H17ClN4O/c1-3-6-17-13-9-11(8-10(2)19-13)15(21)20-14-12(16)5-4-7-18-14/h4-5,7-9H,3,6H2,1-2H3,(H,17,19)(H,18,20,21). The van der Waals surface area contributed by atoms with Crippen LogP contribution < -0.4 is 10.6 Å². The first-order chi connectivity index (χ1) is 10.1. The van der Waals surface area contributed by atoms with E-state index in [0.717, 1.165) is 18.7 Å². The van der Waals surface area contributed by atoms with Gasteiger partial charge in [0.05, 0.1) is 5.02 Å². The van der Waals surface area contributed by atoms with Gasteiger partial charge in [-0.15, -0.1) is 0 Å². The van der Waals surface area contributed by atoms with Crippen molar-refractivity contribution in [2.24, 2.45) is 0 Å². The molecule has 2 rings (SSSR count). The van der Waals surface area contributed by atoms with Crippen molar-refractivity contribution in [3.63, 3.8) is 0 Å². The Morgan fingerprint density at radius 2 is 2.19 bits per heavy atom. The molecule has 0 aliphatic carbocycles. The smallest absolute Gasteiger partial charge is 0.257 e. The number of hydrogen-bond acceptors (Lipinski definition) is 4. The summed E-state index contributed by atoms with van der Waals surface area (Å²) in [5.41, 5.74) is 1.29. The molecular formula is C15H17ClN4O. The van der Waals surface area contributed by atoms with Gasteiger partial charge >= 0.3 is 0 Å². The molecule has 2 N–H and O–H groups in total. The number of aryl methyl sites for hydroxylation is 1. The Morgan fingerprint density at radius 3 is 2.90 bits per heavy atom. The molecule has 0 aliphatic heterocycles. The number of hydrogen-bond donors (Lipinski definition) is 2. The first-order valence-corrected chi connectivity index (χ1v) is 7.12. The Kier molecular flexibility index (Phi) is 5.11. The van der Waals surface area contributed by atoms with Gasteiger partial charge in [-0.3, -0.25) is 4.79 Å². The van der Waals surface area contributed by atoms with Crippen molar-refractivity contribution < 1.29 is 4.79 Å². The van der Waals surface area contributed by atoms with E-state index >= 15 is 0 Å². The second-order valence-corrected chi connectivity index (χ2v) is 5.00. The lowest BCUT2D eigenvalue weighted by Crippen LogP contribution is -2.14. The molecule has 0 atom stereocenters. The third-order valence-corrected chi connectivity index (χ3v) is 3.07. The number of anilines is 2. The minimum absolute atomic E-state index is 0.263. The van der Waals surface area contributed by atoms with Gasteiger partial charge in [0.15, 0.2) is 5.82 Å². The van der Waals surface area contributed by atoms with E-state index in [1.54, 1.807) is 30.5 Å². The maximum Gasteiger partial charge on any atom is 0.257 e. The summed E-state index contributed by atoms with van der Waals surface area (Å²) in [6.45, 7) is 4.73. The van der Waals surface area contributed by atoms with Crippen LogP contribution in [0.2, 0.25) is 5.02 Å². The number of nitrogens with zero attached hydrogens (tertiary/aromatic N) is 2. The van der Waals surface area contributed by atoms with Crippen LogP contribution in [0.4, 0.5) is 11.6 Å². The van der Waals surface area contributed by atoms with Gasteiger partial charge in [-0.1, -0.05) is 18.5 Å². The first-order valence-electron chi connectivity index (χ1n) is 6.74. The Bertz CT molecular complexity index is 645. The SMILES string of the molecule is CCCNc1cc(C(=O)Nc2ncccc2Cl)cc(C)n1. The van der Waals surface area contributed by atoms with Crippen LogP contribution in [0.15, 0.2) is 30.5 Å². The van der Waals surface area contributed by atoms with Crippen LogP contribution in [0, 0.1) is 6.92 Å². The number of amides is 1. The molecule has 0 saturated carbocycles.